The maximum Gasteiger partial charge on any atom is 0.391 e. The SMILES string of the molecule is CC(C)(C)c1ccccc1NC1CCCC(C(F)(F)F)C1. The molecular formula is C17H24F3N. The molecule has 2 unspecified atom stereocenters. The molecule has 2 atom stereocenters. The van der Waals surface area contributed by atoms with E-state index in [1.54, 1.807) is 0 Å². The zero-order valence-corrected chi connectivity index (χ0v) is 12.9. The van der Waals surface area contributed by atoms with E-state index < -0.39 is 12.1 Å². The number of anilines is 1. The summed E-state index contributed by atoms with van der Waals surface area (Å²) < 4.78 is 38.7. The van der Waals surface area contributed by atoms with E-state index in [9.17, 15) is 13.2 Å². The van der Waals surface area contributed by atoms with E-state index in [0.717, 1.165) is 17.7 Å². The van der Waals surface area contributed by atoms with Crippen molar-refractivity contribution in [1.82, 2.24) is 0 Å². The lowest BCUT2D eigenvalue weighted by Crippen LogP contribution is -2.35. The van der Waals surface area contributed by atoms with Crippen LogP contribution >= 0.6 is 0 Å². The third-order valence-corrected chi connectivity index (χ3v) is 4.23. The van der Waals surface area contributed by atoms with Crippen LogP contribution in [0.5, 0.6) is 0 Å². The van der Waals surface area contributed by atoms with Crippen molar-refractivity contribution in [2.45, 2.75) is 64.1 Å². The summed E-state index contributed by atoms with van der Waals surface area (Å²) in [5, 5.41) is 3.36. The van der Waals surface area contributed by atoms with E-state index in [0.29, 0.717) is 6.42 Å². The van der Waals surface area contributed by atoms with Gasteiger partial charge in [0.25, 0.3) is 0 Å². The number of rotatable bonds is 2. The second-order valence-corrected chi connectivity index (χ2v) is 7.04. The van der Waals surface area contributed by atoms with Gasteiger partial charge in [0.15, 0.2) is 0 Å². The monoisotopic (exact) mass is 299 g/mol. The Morgan fingerprint density at radius 3 is 2.33 bits per heavy atom. The molecule has 1 aromatic carbocycles. The summed E-state index contributed by atoms with van der Waals surface area (Å²) in [6.45, 7) is 6.35. The van der Waals surface area contributed by atoms with Crippen LogP contribution < -0.4 is 5.32 Å². The fourth-order valence-electron chi connectivity index (χ4n) is 3.10. The molecule has 0 spiro atoms. The molecule has 1 fully saturated rings. The fraction of sp³-hybridized carbons (Fsp3) is 0.647. The summed E-state index contributed by atoms with van der Waals surface area (Å²) in [6.07, 6.45) is -2.17. The molecule has 1 nitrogen and oxygen atoms in total. The van der Waals surface area contributed by atoms with Gasteiger partial charge in [0.1, 0.15) is 0 Å². The first-order valence-corrected chi connectivity index (χ1v) is 7.60. The van der Waals surface area contributed by atoms with Crippen LogP contribution in [0.2, 0.25) is 0 Å². The first kappa shape index (κ1) is 16.2. The largest absolute Gasteiger partial charge is 0.391 e. The lowest BCUT2D eigenvalue weighted by Gasteiger charge is -2.33. The van der Waals surface area contributed by atoms with Crippen LogP contribution in [0.1, 0.15) is 52.0 Å². The number of alkyl halides is 3. The smallest absolute Gasteiger partial charge is 0.382 e. The van der Waals surface area contributed by atoms with E-state index >= 15 is 0 Å². The van der Waals surface area contributed by atoms with Crippen molar-refractivity contribution in [3.05, 3.63) is 29.8 Å². The summed E-state index contributed by atoms with van der Waals surface area (Å²) in [6, 6.07) is 7.84. The molecule has 2 rings (SSSR count). The number of halogens is 3. The predicted octanol–water partition coefficient (Wildman–Crippen LogP) is 5.52. The normalized spacial score (nSPS) is 23.9. The van der Waals surface area contributed by atoms with Crippen LogP contribution in [-0.4, -0.2) is 12.2 Å². The lowest BCUT2D eigenvalue weighted by atomic mass is 9.83. The molecule has 1 aliphatic rings. The first-order valence-electron chi connectivity index (χ1n) is 7.60. The standard InChI is InChI=1S/C17H24F3N/c1-16(2,3)14-9-4-5-10-15(14)21-13-8-6-7-12(11-13)17(18,19)20/h4-5,9-10,12-13,21H,6-8,11H2,1-3H3. The zero-order valence-electron chi connectivity index (χ0n) is 12.9. The van der Waals surface area contributed by atoms with Crippen molar-refractivity contribution in [3.8, 4) is 0 Å². The lowest BCUT2D eigenvalue weighted by molar-refractivity contribution is -0.182. The number of hydrogen-bond donors (Lipinski definition) is 1. The molecule has 4 heteroatoms. The zero-order chi connectivity index (χ0) is 15.7. The van der Waals surface area contributed by atoms with Crippen LogP contribution in [0.4, 0.5) is 18.9 Å². The maximum atomic E-state index is 12.9. The highest BCUT2D eigenvalue weighted by atomic mass is 19.4. The van der Waals surface area contributed by atoms with Crippen LogP contribution in [0.3, 0.4) is 0 Å². The van der Waals surface area contributed by atoms with E-state index in [2.05, 4.69) is 26.1 Å². The third kappa shape index (κ3) is 4.14. The van der Waals surface area contributed by atoms with Gasteiger partial charge < -0.3 is 5.32 Å². The maximum absolute atomic E-state index is 12.9. The predicted molar refractivity (Wildman–Crippen MR) is 80.6 cm³/mol. The van der Waals surface area contributed by atoms with Crippen molar-refractivity contribution < 1.29 is 13.2 Å². The van der Waals surface area contributed by atoms with Gasteiger partial charge in [-0.25, -0.2) is 0 Å². The topological polar surface area (TPSA) is 12.0 Å². The first-order chi connectivity index (χ1) is 9.68. The Morgan fingerprint density at radius 2 is 1.71 bits per heavy atom. The van der Waals surface area contributed by atoms with Crippen molar-refractivity contribution in [3.63, 3.8) is 0 Å². The Bertz CT molecular complexity index is 474. The minimum Gasteiger partial charge on any atom is -0.382 e. The molecule has 21 heavy (non-hydrogen) atoms. The van der Waals surface area contributed by atoms with E-state index in [1.807, 2.05) is 24.3 Å². The van der Waals surface area contributed by atoms with Crippen molar-refractivity contribution in [2.75, 3.05) is 5.32 Å². The van der Waals surface area contributed by atoms with Crippen LogP contribution in [0.15, 0.2) is 24.3 Å². The summed E-state index contributed by atoms with van der Waals surface area (Å²) in [5.74, 6) is -1.16. The molecule has 0 amide bonds. The Hall–Kier alpha value is -1.19. The fourth-order valence-corrected chi connectivity index (χ4v) is 3.10. The molecule has 118 valence electrons. The Balaban J connectivity index is 2.12. The highest BCUT2D eigenvalue weighted by Gasteiger charge is 2.42. The molecular weight excluding hydrogens is 275 g/mol. The number of hydrogen-bond acceptors (Lipinski definition) is 1. The summed E-state index contributed by atoms with van der Waals surface area (Å²) in [5.41, 5.74) is 2.10. The quantitative estimate of drug-likeness (QED) is 0.758. The number of nitrogens with one attached hydrogen (secondary N) is 1. The summed E-state index contributed by atoms with van der Waals surface area (Å²) in [7, 11) is 0. The molecule has 1 N–H and O–H groups in total. The molecule has 1 saturated carbocycles. The van der Waals surface area contributed by atoms with Gasteiger partial charge in [-0.05, 0) is 36.3 Å². The molecule has 1 aliphatic carbocycles. The van der Waals surface area contributed by atoms with Gasteiger partial charge in [-0.15, -0.1) is 0 Å². The van der Waals surface area contributed by atoms with E-state index in [4.69, 9.17) is 0 Å². The van der Waals surface area contributed by atoms with Gasteiger partial charge in [0, 0.05) is 11.7 Å². The van der Waals surface area contributed by atoms with Crippen molar-refractivity contribution >= 4 is 5.69 Å². The second-order valence-electron chi connectivity index (χ2n) is 7.04. The van der Waals surface area contributed by atoms with Gasteiger partial charge in [-0.3, -0.25) is 0 Å². The molecule has 0 aromatic heterocycles. The highest BCUT2D eigenvalue weighted by Crippen LogP contribution is 2.39. The average Bonchev–Trinajstić information content (AvgIpc) is 2.37. The Kier molecular flexibility index (Phi) is 4.54. The van der Waals surface area contributed by atoms with Crippen LogP contribution in [0, 0.1) is 5.92 Å². The van der Waals surface area contributed by atoms with E-state index in [-0.39, 0.29) is 24.3 Å². The average molecular weight is 299 g/mol. The summed E-state index contributed by atoms with van der Waals surface area (Å²) >= 11 is 0. The van der Waals surface area contributed by atoms with Crippen LogP contribution in [0.25, 0.3) is 0 Å². The molecule has 0 aliphatic heterocycles. The molecule has 0 bridgehead atoms. The third-order valence-electron chi connectivity index (χ3n) is 4.23. The van der Waals surface area contributed by atoms with E-state index in [1.165, 1.54) is 0 Å². The Labute approximate surface area is 124 Å². The van der Waals surface area contributed by atoms with Gasteiger partial charge in [0.05, 0.1) is 5.92 Å². The molecule has 0 radical (unpaired) electrons. The molecule has 0 heterocycles. The minimum absolute atomic E-state index is 0.0261. The number of benzene rings is 1. The van der Waals surface area contributed by atoms with Gasteiger partial charge >= 0.3 is 6.18 Å². The van der Waals surface area contributed by atoms with Crippen molar-refractivity contribution in [1.29, 1.82) is 0 Å². The van der Waals surface area contributed by atoms with Gasteiger partial charge in [-0.2, -0.15) is 13.2 Å². The molecule has 0 saturated heterocycles. The molecule has 1 aromatic rings. The van der Waals surface area contributed by atoms with Gasteiger partial charge in [-0.1, -0.05) is 45.4 Å². The second kappa shape index (κ2) is 5.90. The van der Waals surface area contributed by atoms with Gasteiger partial charge in [0.2, 0.25) is 0 Å². The summed E-state index contributed by atoms with van der Waals surface area (Å²) in [4.78, 5) is 0. The number of para-hydroxylation sites is 1. The van der Waals surface area contributed by atoms with Crippen molar-refractivity contribution in [2.24, 2.45) is 5.92 Å². The van der Waals surface area contributed by atoms with Crippen LogP contribution in [-0.2, 0) is 5.41 Å². The minimum atomic E-state index is -4.07. The Morgan fingerprint density at radius 1 is 1.05 bits per heavy atom. The highest BCUT2D eigenvalue weighted by molar-refractivity contribution is 5.54.